The first-order chi connectivity index (χ1) is 10.3. The van der Waals surface area contributed by atoms with E-state index in [1.165, 1.54) is 34.5 Å². The van der Waals surface area contributed by atoms with E-state index in [2.05, 4.69) is 10.3 Å². The molecule has 2 aromatic rings. The second-order valence-electron chi connectivity index (χ2n) is 4.27. The summed E-state index contributed by atoms with van der Waals surface area (Å²) >= 11 is 2.72. The molecule has 0 saturated heterocycles. The third-order valence-electron chi connectivity index (χ3n) is 2.54. The van der Waals surface area contributed by atoms with Crippen LogP contribution in [0.15, 0.2) is 33.4 Å². The Morgan fingerprint density at radius 3 is 2.68 bits per heavy atom. The number of carbonyl (C=O) groups is 1. The molecule has 0 saturated carbocycles. The molecule has 0 aliphatic carbocycles. The van der Waals surface area contributed by atoms with Gasteiger partial charge in [-0.25, -0.2) is 22.9 Å². The van der Waals surface area contributed by atoms with Crippen molar-refractivity contribution < 1.29 is 13.2 Å². The predicted molar refractivity (Wildman–Crippen MR) is 88.8 cm³/mol. The summed E-state index contributed by atoms with van der Waals surface area (Å²) in [5, 5.41) is 3.83. The molecule has 2 rings (SSSR count). The Kier molecular flexibility index (Phi) is 4.94. The number of nitrogens with two attached hydrogens (primary N) is 1. The van der Waals surface area contributed by atoms with Crippen molar-refractivity contribution >= 4 is 50.8 Å². The van der Waals surface area contributed by atoms with Crippen LogP contribution in [0.5, 0.6) is 0 Å². The van der Waals surface area contributed by atoms with Gasteiger partial charge in [-0.2, -0.15) is 0 Å². The first-order valence-corrected chi connectivity index (χ1v) is 9.59. The number of hydrogen-bond donors (Lipinski definition) is 3. The Labute approximate surface area is 136 Å². The maximum absolute atomic E-state index is 12.0. The summed E-state index contributed by atoms with van der Waals surface area (Å²) in [6.45, 7) is 1.78. The number of rotatable bonds is 4. The van der Waals surface area contributed by atoms with Crippen LogP contribution >= 0.6 is 23.1 Å². The maximum Gasteiger partial charge on any atom is 0.334 e. The minimum Gasteiger partial charge on any atom is -0.384 e. The molecule has 0 spiro atoms. The summed E-state index contributed by atoms with van der Waals surface area (Å²) in [6.07, 6.45) is 1.85. The number of hydrogen-bond acceptors (Lipinski definition) is 7. The molecule has 0 aliphatic rings. The molecule has 2 aromatic heterocycles. The molecule has 0 radical (unpaired) electrons. The van der Waals surface area contributed by atoms with Gasteiger partial charge in [-0.05, 0) is 31.4 Å². The topological polar surface area (TPSA) is 114 Å². The van der Waals surface area contributed by atoms with Crippen molar-refractivity contribution in [3.63, 3.8) is 0 Å². The molecule has 118 valence electrons. The van der Waals surface area contributed by atoms with Gasteiger partial charge in [0.2, 0.25) is 0 Å². The highest BCUT2D eigenvalue weighted by molar-refractivity contribution is 7.98. The molecule has 4 N–H and O–H groups in total. The number of anilines is 2. The SMILES string of the molecule is CSc1cc(N)nc(NC(=O)NS(=O)(=O)c2csc(C)c2)c1. The quantitative estimate of drug-likeness (QED) is 0.722. The number of sulfonamides is 1. The van der Waals surface area contributed by atoms with Crippen molar-refractivity contribution in [1.82, 2.24) is 9.71 Å². The van der Waals surface area contributed by atoms with Crippen molar-refractivity contribution in [3.8, 4) is 0 Å². The molecular formula is C12H14N4O3S3. The molecule has 22 heavy (non-hydrogen) atoms. The van der Waals surface area contributed by atoms with Crippen LogP contribution in [-0.4, -0.2) is 25.7 Å². The van der Waals surface area contributed by atoms with Gasteiger partial charge >= 0.3 is 6.03 Å². The van der Waals surface area contributed by atoms with Crippen LogP contribution in [-0.2, 0) is 10.0 Å². The Balaban J connectivity index is 2.12. The molecule has 0 aliphatic heterocycles. The number of nitrogens with zero attached hydrogens (tertiary/aromatic N) is 1. The van der Waals surface area contributed by atoms with Gasteiger partial charge in [-0.15, -0.1) is 23.1 Å². The van der Waals surface area contributed by atoms with Crippen molar-refractivity contribution in [2.75, 3.05) is 17.3 Å². The number of pyridine rings is 1. The van der Waals surface area contributed by atoms with E-state index in [4.69, 9.17) is 5.73 Å². The van der Waals surface area contributed by atoms with E-state index in [1.807, 2.05) is 11.0 Å². The van der Waals surface area contributed by atoms with Gasteiger partial charge < -0.3 is 5.73 Å². The summed E-state index contributed by atoms with van der Waals surface area (Å²) in [5.74, 6) is 0.414. The highest BCUT2D eigenvalue weighted by Gasteiger charge is 2.19. The van der Waals surface area contributed by atoms with E-state index >= 15 is 0 Å². The number of thiophene rings is 1. The van der Waals surface area contributed by atoms with E-state index < -0.39 is 16.1 Å². The number of nitrogens with one attached hydrogen (secondary N) is 2. The Hall–Kier alpha value is -1.78. The van der Waals surface area contributed by atoms with Gasteiger partial charge in [-0.1, -0.05) is 0 Å². The summed E-state index contributed by atoms with van der Waals surface area (Å²) < 4.78 is 26.0. The third kappa shape index (κ3) is 4.12. The van der Waals surface area contributed by atoms with E-state index in [0.29, 0.717) is 0 Å². The Morgan fingerprint density at radius 1 is 1.36 bits per heavy atom. The standard InChI is InChI=1S/C12H14N4O3S3/c1-7-3-9(6-21-7)22(18,19)16-12(17)15-11-5-8(20-2)4-10(13)14-11/h3-6H,1-2H3,(H4,13,14,15,16,17). The second-order valence-corrected chi connectivity index (χ2v) is 7.95. The lowest BCUT2D eigenvalue weighted by Gasteiger charge is -2.08. The molecular weight excluding hydrogens is 344 g/mol. The number of carbonyl (C=O) groups excluding carboxylic acids is 1. The summed E-state index contributed by atoms with van der Waals surface area (Å²) in [4.78, 5) is 17.5. The zero-order chi connectivity index (χ0) is 16.3. The smallest absolute Gasteiger partial charge is 0.334 e. The highest BCUT2D eigenvalue weighted by atomic mass is 32.2. The molecule has 0 unspecified atom stereocenters. The van der Waals surface area contributed by atoms with Gasteiger partial charge in [0.25, 0.3) is 10.0 Å². The predicted octanol–water partition coefficient (Wildman–Crippen LogP) is 2.27. The fourth-order valence-corrected chi connectivity index (χ4v) is 4.09. The van der Waals surface area contributed by atoms with Crippen LogP contribution in [0.2, 0.25) is 0 Å². The van der Waals surface area contributed by atoms with Crippen LogP contribution in [0.4, 0.5) is 16.4 Å². The van der Waals surface area contributed by atoms with Crippen molar-refractivity contribution in [2.45, 2.75) is 16.7 Å². The summed E-state index contributed by atoms with van der Waals surface area (Å²) in [6, 6.07) is 3.85. The number of nitrogen functional groups attached to an aromatic ring is 1. The number of aromatic nitrogens is 1. The average Bonchev–Trinajstić information content (AvgIpc) is 2.84. The van der Waals surface area contributed by atoms with E-state index in [-0.39, 0.29) is 16.5 Å². The van der Waals surface area contributed by atoms with Crippen LogP contribution in [0.3, 0.4) is 0 Å². The summed E-state index contributed by atoms with van der Waals surface area (Å²) in [7, 11) is -3.90. The molecule has 0 bridgehead atoms. The number of urea groups is 1. The molecule has 7 nitrogen and oxygen atoms in total. The normalized spacial score (nSPS) is 11.2. The molecule has 2 amide bonds. The molecule has 10 heteroatoms. The minimum atomic E-state index is -3.90. The lowest BCUT2D eigenvalue weighted by Crippen LogP contribution is -2.34. The van der Waals surface area contributed by atoms with E-state index in [0.717, 1.165) is 9.77 Å². The van der Waals surface area contributed by atoms with Crippen LogP contribution in [0.1, 0.15) is 4.88 Å². The van der Waals surface area contributed by atoms with Crippen LogP contribution in [0, 0.1) is 6.92 Å². The van der Waals surface area contributed by atoms with Gasteiger partial charge in [0, 0.05) is 15.2 Å². The number of thioether (sulfide) groups is 1. The number of aryl methyl sites for hydroxylation is 1. The largest absolute Gasteiger partial charge is 0.384 e. The fraction of sp³-hybridized carbons (Fsp3) is 0.167. The van der Waals surface area contributed by atoms with E-state index in [9.17, 15) is 13.2 Å². The van der Waals surface area contributed by atoms with Gasteiger partial charge in [0.05, 0.1) is 4.90 Å². The van der Waals surface area contributed by atoms with Crippen molar-refractivity contribution in [2.24, 2.45) is 0 Å². The van der Waals surface area contributed by atoms with Crippen molar-refractivity contribution in [3.05, 3.63) is 28.5 Å². The first-order valence-electron chi connectivity index (χ1n) is 6.00. The Bertz CT molecular complexity index is 802. The third-order valence-corrected chi connectivity index (χ3v) is 5.57. The molecule has 2 heterocycles. The lowest BCUT2D eigenvalue weighted by atomic mass is 10.4. The van der Waals surface area contributed by atoms with Crippen molar-refractivity contribution in [1.29, 1.82) is 0 Å². The maximum atomic E-state index is 12.0. The fourth-order valence-electron chi connectivity index (χ4n) is 1.59. The monoisotopic (exact) mass is 358 g/mol. The molecule has 0 atom stereocenters. The molecule has 0 fully saturated rings. The van der Waals surface area contributed by atoms with E-state index in [1.54, 1.807) is 19.1 Å². The summed E-state index contributed by atoms with van der Waals surface area (Å²) in [5.41, 5.74) is 5.62. The second kappa shape index (κ2) is 6.55. The lowest BCUT2D eigenvalue weighted by molar-refractivity contribution is 0.256. The highest BCUT2D eigenvalue weighted by Crippen LogP contribution is 2.21. The van der Waals surface area contributed by atoms with Crippen LogP contribution in [0.25, 0.3) is 0 Å². The first kappa shape index (κ1) is 16.6. The minimum absolute atomic E-state index is 0.0514. The van der Waals surface area contributed by atoms with Gasteiger partial charge in [0.15, 0.2) is 0 Å². The zero-order valence-corrected chi connectivity index (χ0v) is 14.2. The number of amides is 2. The molecule has 0 aromatic carbocycles. The van der Waals surface area contributed by atoms with Gasteiger partial charge in [0.1, 0.15) is 11.6 Å². The van der Waals surface area contributed by atoms with Gasteiger partial charge in [-0.3, -0.25) is 5.32 Å². The van der Waals surface area contributed by atoms with Crippen LogP contribution < -0.4 is 15.8 Å². The Morgan fingerprint density at radius 2 is 2.09 bits per heavy atom. The zero-order valence-electron chi connectivity index (χ0n) is 11.8. The average molecular weight is 358 g/mol.